The number of ether oxygens (including phenoxy) is 2. The number of hydrogen-bond acceptors (Lipinski definition) is 9. The number of anilines is 1. The molecule has 1 atom stereocenters. The molecule has 1 aliphatic heterocycles. The third-order valence-electron chi connectivity index (χ3n) is 4.12. The van der Waals surface area contributed by atoms with Gasteiger partial charge in [-0.1, -0.05) is 35.2 Å². The summed E-state index contributed by atoms with van der Waals surface area (Å²) in [5.41, 5.74) is 2.12. The number of benzene rings is 1. The third-order valence-corrected chi connectivity index (χ3v) is 7.11. The van der Waals surface area contributed by atoms with Gasteiger partial charge in [-0.15, -0.1) is 21.5 Å². The molecule has 0 saturated carbocycles. The molecule has 6 nitrogen and oxygen atoms in total. The van der Waals surface area contributed by atoms with E-state index in [2.05, 4.69) is 27.0 Å². The fraction of sp³-hybridized carbons (Fsp3) is 0.389. The molecule has 0 spiro atoms. The van der Waals surface area contributed by atoms with Gasteiger partial charge in [0.15, 0.2) is 4.34 Å². The first kappa shape index (κ1) is 18.7. The van der Waals surface area contributed by atoms with Crippen LogP contribution in [0.15, 0.2) is 34.0 Å². The van der Waals surface area contributed by atoms with Gasteiger partial charge in [0.25, 0.3) is 0 Å². The highest BCUT2D eigenvalue weighted by Crippen LogP contribution is 2.31. The molecule has 1 aliphatic rings. The summed E-state index contributed by atoms with van der Waals surface area (Å²) in [5.74, 6) is 1.62. The van der Waals surface area contributed by atoms with Crippen molar-refractivity contribution >= 4 is 39.6 Å². The van der Waals surface area contributed by atoms with Gasteiger partial charge in [-0.2, -0.15) is 0 Å². The summed E-state index contributed by atoms with van der Waals surface area (Å²) in [4.78, 5) is 4.73. The molecule has 9 heteroatoms. The van der Waals surface area contributed by atoms with Crippen LogP contribution in [0.3, 0.4) is 0 Å². The van der Waals surface area contributed by atoms with Crippen LogP contribution in [0.2, 0.25) is 0 Å². The van der Waals surface area contributed by atoms with E-state index in [1.54, 1.807) is 41.5 Å². The molecule has 142 valence electrons. The topological polar surface area (TPSA) is 69.2 Å². The Hall–Kier alpha value is -1.68. The molecule has 1 saturated heterocycles. The molecular weight excluding hydrogens is 400 g/mol. The van der Waals surface area contributed by atoms with E-state index in [0.717, 1.165) is 63.2 Å². The first-order valence-corrected chi connectivity index (χ1v) is 11.4. The van der Waals surface area contributed by atoms with Crippen molar-refractivity contribution in [1.29, 1.82) is 0 Å². The van der Waals surface area contributed by atoms with Crippen LogP contribution in [-0.2, 0) is 10.5 Å². The smallest absolute Gasteiger partial charge is 0.206 e. The maximum absolute atomic E-state index is 5.61. The average molecular weight is 421 g/mol. The first-order valence-electron chi connectivity index (χ1n) is 8.71. The lowest BCUT2D eigenvalue weighted by molar-refractivity contribution is 0.120. The second-order valence-corrected chi connectivity index (χ2v) is 9.11. The van der Waals surface area contributed by atoms with E-state index >= 15 is 0 Å². The molecule has 0 bridgehead atoms. The quantitative estimate of drug-likeness (QED) is 0.536. The highest BCUT2D eigenvalue weighted by atomic mass is 32.2. The van der Waals surface area contributed by atoms with E-state index in [0.29, 0.717) is 6.10 Å². The second kappa shape index (κ2) is 9.01. The van der Waals surface area contributed by atoms with Crippen LogP contribution in [0.25, 0.3) is 10.6 Å². The fourth-order valence-electron chi connectivity index (χ4n) is 2.74. The van der Waals surface area contributed by atoms with Crippen molar-refractivity contribution in [2.75, 3.05) is 25.6 Å². The van der Waals surface area contributed by atoms with Crippen LogP contribution in [0, 0.1) is 0 Å². The number of nitrogens with zero attached hydrogens (tertiary/aromatic N) is 3. The van der Waals surface area contributed by atoms with Gasteiger partial charge in [0.2, 0.25) is 5.13 Å². The molecule has 1 unspecified atom stereocenters. The number of thioether (sulfide) groups is 1. The summed E-state index contributed by atoms with van der Waals surface area (Å²) >= 11 is 4.88. The summed E-state index contributed by atoms with van der Waals surface area (Å²) in [5, 5.41) is 15.7. The normalized spacial score (nSPS) is 16.6. The molecule has 0 amide bonds. The van der Waals surface area contributed by atoms with Crippen LogP contribution in [-0.4, -0.2) is 41.5 Å². The van der Waals surface area contributed by atoms with E-state index < -0.39 is 0 Å². The SMILES string of the molecule is COc1cccc(-c2nc(CSc3nnc(NCC4CCCO4)s3)cs2)c1. The Bertz CT molecular complexity index is 877. The molecule has 3 aromatic rings. The van der Waals surface area contributed by atoms with E-state index in [4.69, 9.17) is 14.5 Å². The highest BCUT2D eigenvalue weighted by molar-refractivity contribution is 8.00. The van der Waals surface area contributed by atoms with E-state index in [1.165, 1.54) is 0 Å². The standard InChI is InChI=1S/C18H20N4O2S3/c1-23-14-5-2-4-12(8-14)16-20-13(10-25-16)11-26-18-22-21-17(27-18)19-9-15-6-3-7-24-15/h2,4-5,8,10,15H,3,6-7,9,11H2,1H3,(H,19,21). The van der Waals surface area contributed by atoms with Crippen molar-refractivity contribution in [3.05, 3.63) is 35.3 Å². The van der Waals surface area contributed by atoms with Gasteiger partial charge in [-0.3, -0.25) is 0 Å². The van der Waals surface area contributed by atoms with E-state index in [-0.39, 0.29) is 0 Å². The third kappa shape index (κ3) is 4.98. The Morgan fingerprint density at radius 3 is 3.19 bits per heavy atom. The first-order chi connectivity index (χ1) is 13.3. The van der Waals surface area contributed by atoms with Crippen molar-refractivity contribution in [3.8, 4) is 16.3 Å². The Morgan fingerprint density at radius 2 is 2.33 bits per heavy atom. The Morgan fingerprint density at radius 1 is 1.37 bits per heavy atom. The lowest BCUT2D eigenvalue weighted by Gasteiger charge is -2.08. The van der Waals surface area contributed by atoms with Crippen molar-refractivity contribution < 1.29 is 9.47 Å². The molecule has 27 heavy (non-hydrogen) atoms. The average Bonchev–Trinajstić information content (AvgIpc) is 3.46. The summed E-state index contributed by atoms with van der Waals surface area (Å²) in [6.07, 6.45) is 2.57. The molecule has 1 N–H and O–H groups in total. The van der Waals surface area contributed by atoms with Crippen LogP contribution in [0.5, 0.6) is 5.75 Å². The Balaban J connectivity index is 1.30. The molecule has 1 fully saturated rings. The lowest BCUT2D eigenvalue weighted by atomic mass is 10.2. The van der Waals surface area contributed by atoms with Crippen molar-refractivity contribution in [2.24, 2.45) is 0 Å². The highest BCUT2D eigenvalue weighted by Gasteiger charge is 2.16. The monoisotopic (exact) mass is 420 g/mol. The van der Waals surface area contributed by atoms with Crippen LogP contribution >= 0.6 is 34.4 Å². The van der Waals surface area contributed by atoms with Gasteiger partial charge in [0.1, 0.15) is 10.8 Å². The molecule has 4 rings (SSSR count). The predicted octanol–water partition coefficient (Wildman–Crippen LogP) is 4.55. The molecule has 1 aromatic carbocycles. The minimum Gasteiger partial charge on any atom is -0.497 e. The lowest BCUT2D eigenvalue weighted by Crippen LogP contribution is -2.18. The number of nitrogens with one attached hydrogen (secondary N) is 1. The van der Waals surface area contributed by atoms with Gasteiger partial charge >= 0.3 is 0 Å². The van der Waals surface area contributed by atoms with Gasteiger partial charge in [0, 0.05) is 29.8 Å². The summed E-state index contributed by atoms with van der Waals surface area (Å²) < 4.78 is 11.8. The molecule has 0 radical (unpaired) electrons. The number of rotatable bonds is 8. The number of aromatic nitrogens is 3. The second-order valence-electron chi connectivity index (χ2n) is 6.05. The van der Waals surface area contributed by atoms with Crippen molar-refractivity contribution in [1.82, 2.24) is 15.2 Å². The molecular formula is C18H20N4O2S3. The largest absolute Gasteiger partial charge is 0.497 e. The predicted molar refractivity (Wildman–Crippen MR) is 111 cm³/mol. The number of methoxy groups -OCH3 is 1. The van der Waals surface area contributed by atoms with Crippen LogP contribution in [0.1, 0.15) is 18.5 Å². The summed E-state index contributed by atoms with van der Waals surface area (Å²) in [7, 11) is 1.68. The summed E-state index contributed by atoms with van der Waals surface area (Å²) in [6, 6.07) is 7.98. The maximum Gasteiger partial charge on any atom is 0.206 e. The molecule has 2 aromatic heterocycles. The fourth-order valence-corrected chi connectivity index (χ4v) is 5.32. The number of hydrogen-bond donors (Lipinski definition) is 1. The van der Waals surface area contributed by atoms with Gasteiger partial charge in [0.05, 0.1) is 18.9 Å². The Labute approximate surface area is 170 Å². The zero-order chi connectivity index (χ0) is 18.5. The van der Waals surface area contributed by atoms with Crippen molar-refractivity contribution in [2.45, 2.75) is 29.0 Å². The molecule has 3 heterocycles. The minimum absolute atomic E-state index is 0.301. The van der Waals surface area contributed by atoms with E-state index in [9.17, 15) is 0 Å². The van der Waals surface area contributed by atoms with Crippen molar-refractivity contribution in [3.63, 3.8) is 0 Å². The van der Waals surface area contributed by atoms with E-state index in [1.807, 2.05) is 18.2 Å². The minimum atomic E-state index is 0.301. The van der Waals surface area contributed by atoms with Gasteiger partial charge in [-0.05, 0) is 25.0 Å². The zero-order valence-corrected chi connectivity index (χ0v) is 17.3. The van der Waals surface area contributed by atoms with Gasteiger partial charge in [-0.25, -0.2) is 4.98 Å². The molecule has 0 aliphatic carbocycles. The Kier molecular flexibility index (Phi) is 6.23. The maximum atomic E-state index is 5.61. The van der Waals surface area contributed by atoms with Crippen LogP contribution in [0.4, 0.5) is 5.13 Å². The zero-order valence-electron chi connectivity index (χ0n) is 14.9. The summed E-state index contributed by atoms with van der Waals surface area (Å²) in [6.45, 7) is 1.67. The number of thiazole rings is 1. The van der Waals surface area contributed by atoms with Gasteiger partial charge < -0.3 is 14.8 Å². The van der Waals surface area contributed by atoms with Crippen LogP contribution < -0.4 is 10.1 Å².